The van der Waals surface area contributed by atoms with Gasteiger partial charge in [0.05, 0.1) is 11.5 Å². The molecule has 2 rings (SSSR count). The fourth-order valence-corrected chi connectivity index (χ4v) is 1.94. The van der Waals surface area contributed by atoms with Crippen LogP contribution < -0.4 is 10.6 Å². The van der Waals surface area contributed by atoms with Gasteiger partial charge in [-0.2, -0.15) is 13.2 Å². The summed E-state index contributed by atoms with van der Waals surface area (Å²) in [5, 5.41) is 5.13. The molecule has 0 spiro atoms. The highest BCUT2D eigenvalue weighted by atomic mass is 19.4. The third kappa shape index (κ3) is 3.49. The van der Waals surface area contributed by atoms with E-state index in [-0.39, 0.29) is 30.7 Å². The molecule has 1 aromatic rings. The average molecular weight is 286 g/mol. The van der Waals surface area contributed by atoms with Gasteiger partial charge in [0.25, 0.3) is 0 Å². The number of nitrogens with one attached hydrogen (secondary N) is 2. The Morgan fingerprint density at radius 2 is 1.90 bits per heavy atom. The zero-order valence-corrected chi connectivity index (χ0v) is 10.5. The highest BCUT2D eigenvalue weighted by molar-refractivity contribution is 5.94. The van der Waals surface area contributed by atoms with Crippen LogP contribution in [0.15, 0.2) is 24.3 Å². The Bertz CT molecular complexity index is 501. The molecule has 1 atom stereocenters. The predicted molar refractivity (Wildman–Crippen MR) is 65.8 cm³/mol. The minimum Gasteiger partial charge on any atom is -0.355 e. The van der Waals surface area contributed by atoms with Gasteiger partial charge in [0, 0.05) is 18.7 Å². The highest BCUT2D eigenvalue weighted by Crippen LogP contribution is 2.29. The second-order valence-corrected chi connectivity index (χ2v) is 4.60. The van der Waals surface area contributed by atoms with Crippen LogP contribution in [-0.4, -0.2) is 18.4 Å². The van der Waals surface area contributed by atoms with Crippen molar-refractivity contribution in [3.63, 3.8) is 0 Å². The summed E-state index contributed by atoms with van der Waals surface area (Å²) in [6, 6.07) is 4.25. The van der Waals surface area contributed by atoms with Gasteiger partial charge in [0.2, 0.25) is 11.8 Å². The molecule has 4 nitrogen and oxygen atoms in total. The SMILES string of the molecule is O=C1CCC(C(=O)Nc2ccc(C(F)(F)F)cc2)CN1. The van der Waals surface area contributed by atoms with E-state index in [9.17, 15) is 22.8 Å². The van der Waals surface area contributed by atoms with Gasteiger partial charge in [-0.15, -0.1) is 0 Å². The predicted octanol–water partition coefficient (Wildman–Crippen LogP) is 2.17. The molecule has 2 amide bonds. The Labute approximate surface area is 113 Å². The zero-order chi connectivity index (χ0) is 14.8. The number of rotatable bonds is 2. The van der Waals surface area contributed by atoms with Gasteiger partial charge in [-0.25, -0.2) is 0 Å². The van der Waals surface area contributed by atoms with Crippen molar-refractivity contribution < 1.29 is 22.8 Å². The number of hydrogen-bond donors (Lipinski definition) is 2. The van der Waals surface area contributed by atoms with Gasteiger partial charge in [0.1, 0.15) is 0 Å². The van der Waals surface area contributed by atoms with Crippen molar-refractivity contribution in [3.8, 4) is 0 Å². The molecule has 1 aliphatic heterocycles. The summed E-state index contributed by atoms with van der Waals surface area (Å²) in [5.74, 6) is -0.747. The number of carbonyl (C=O) groups excluding carboxylic acids is 2. The van der Waals surface area contributed by atoms with Crippen LogP contribution in [0.3, 0.4) is 0 Å². The van der Waals surface area contributed by atoms with Crippen LogP contribution in [-0.2, 0) is 15.8 Å². The van der Waals surface area contributed by atoms with E-state index < -0.39 is 11.7 Å². The molecule has 1 aromatic carbocycles. The van der Waals surface area contributed by atoms with E-state index in [1.165, 1.54) is 12.1 Å². The van der Waals surface area contributed by atoms with Crippen molar-refractivity contribution in [3.05, 3.63) is 29.8 Å². The molecule has 0 aliphatic carbocycles. The first-order chi connectivity index (χ1) is 9.36. The highest BCUT2D eigenvalue weighted by Gasteiger charge is 2.30. The maximum atomic E-state index is 12.4. The number of anilines is 1. The summed E-state index contributed by atoms with van der Waals surface area (Å²) in [6.07, 6.45) is -3.67. The lowest BCUT2D eigenvalue weighted by Crippen LogP contribution is -2.40. The normalized spacial score (nSPS) is 19.4. The van der Waals surface area contributed by atoms with Gasteiger partial charge in [-0.1, -0.05) is 0 Å². The molecular weight excluding hydrogens is 273 g/mol. The number of halogens is 3. The fourth-order valence-electron chi connectivity index (χ4n) is 1.94. The topological polar surface area (TPSA) is 58.2 Å². The van der Waals surface area contributed by atoms with Crippen LogP contribution in [0.25, 0.3) is 0 Å². The molecule has 0 bridgehead atoms. The number of amides is 2. The van der Waals surface area contributed by atoms with Crippen LogP contribution in [0.5, 0.6) is 0 Å². The standard InChI is InChI=1S/C13H13F3N2O2/c14-13(15,16)9-2-4-10(5-3-9)18-12(20)8-1-6-11(19)17-7-8/h2-5,8H,1,6-7H2,(H,17,19)(H,18,20). The molecule has 2 N–H and O–H groups in total. The van der Waals surface area contributed by atoms with E-state index in [0.29, 0.717) is 12.1 Å². The third-order valence-corrected chi connectivity index (χ3v) is 3.12. The molecule has 0 radical (unpaired) electrons. The fraction of sp³-hybridized carbons (Fsp3) is 0.385. The van der Waals surface area contributed by atoms with Crippen molar-refractivity contribution in [1.82, 2.24) is 5.32 Å². The molecule has 0 aromatic heterocycles. The summed E-state index contributed by atoms with van der Waals surface area (Å²) >= 11 is 0. The molecule has 1 unspecified atom stereocenters. The van der Waals surface area contributed by atoms with Crippen LogP contribution in [0.2, 0.25) is 0 Å². The van der Waals surface area contributed by atoms with E-state index in [2.05, 4.69) is 10.6 Å². The molecule has 1 heterocycles. The quantitative estimate of drug-likeness (QED) is 0.875. The van der Waals surface area contributed by atoms with E-state index >= 15 is 0 Å². The molecule has 20 heavy (non-hydrogen) atoms. The van der Waals surface area contributed by atoms with E-state index in [1.807, 2.05) is 0 Å². The number of carbonyl (C=O) groups is 2. The second kappa shape index (κ2) is 5.52. The number of benzene rings is 1. The van der Waals surface area contributed by atoms with Gasteiger partial charge < -0.3 is 10.6 Å². The van der Waals surface area contributed by atoms with Crippen LogP contribution in [0.1, 0.15) is 18.4 Å². The second-order valence-electron chi connectivity index (χ2n) is 4.60. The van der Waals surface area contributed by atoms with Gasteiger partial charge in [0.15, 0.2) is 0 Å². The van der Waals surface area contributed by atoms with Gasteiger partial charge in [-0.3, -0.25) is 9.59 Å². The molecule has 1 saturated heterocycles. The Morgan fingerprint density at radius 1 is 1.25 bits per heavy atom. The smallest absolute Gasteiger partial charge is 0.355 e. The Balaban J connectivity index is 1.96. The first-order valence-corrected chi connectivity index (χ1v) is 6.11. The summed E-state index contributed by atoms with van der Waals surface area (Å²) in [4.78, 5) is 22.8. The maximum Gasteiger partial charge on any atom is 0.416 e. The molecule has 108 valence electrons. The molecular formula is C13H13F3N2O2. The molecule has 7 heteroatoms. The third-order valence-electron chi connectivity index (χ3n) is 3.12. The minimum absolute atomic E-state index is 0.0939. The lowest BCUT2D eigenvalue weighted by atomic mass is 9.98. The van der Waals surface area contributed by atoms with Crippen molar-refractivity contribution in [2.75, 3.05) is 11.9 Å². The number of piperidine rings is 1. The summed E-state index contributed by atoms with van der Waals surface area (Å²) in [6.45, 7) is 0.255. The monoisotopic (exact) mass is 286 g/mol. The summed E-state index contributed by atoms with van der Waals surface area (Å²) in [5.41, 5.74) is -0.458. The average Bonchev–Trinajstić information content (AvgIpc) is 2.39. The lowest BCUT2D eigenvalue weighted by molar-refractivity contribution is -0.137. The lowest BCUT2D eigenvalue weighted by Gasteiger charge is -2.21. The van der Waals surface area contributed by atoms with Crippen LogP contribution in [0, 0.1) is 5.92 Å². The van der Waals surface area contributed by atoms with E-state index in [0.717, 1.165) is 12.1 Å². The van der Waals surface area contributed by atoms with Gasteiger partial charge in [-0.05, 0) is 30.7 Å². The number of hydrogen-bond acceptors (Lipinski definition) is 2. The first-order valence-electron chi connectivity index (χ1n) is 6.11. The Kier molecular flexibility index (Phi) is 3.96. The van der Waals surface area contributed by atoms with E-state index in [4.69, 9.17) is 0 Å². The van der Waals surface area contributed by atoms with Crippen molar-refractivity contribution >= 4 is 17.5 Å². The number of alkyl halides is 3. The van der Waals surface area contributed by atoms with E-state index in [1.54, 1.807) is 0 Å². The molecule has 0 saturated carbocycles. The van der Waals surface area contributed by atoms with Crippen molar-refractivity contribution in [2.45, 2.75) is 19.0 Å². The Morgan fingerprint density at radius 3 is 2.40 bits per heavy atom. The van der Waals surface area contributed by atoms with Crippen molar-refractivity contribution in [2.24, 2.45) is 5.92 Å². The summed E-state index contributed by atoms with van der Waals surface area (Å²) in [7, 11) is 0. The largest absolute Gasteiger partial charge is 0.416 e. The van der Waals surface area contributed by atoms with Crippen molar-refractivity contribution in [1.29, 1.82) is 0 Å². The zero-order valence-electron chi connectivity index (χ0n) is 10.5. The maximum absolute atomic E-state index is 12.4. The van der Waals surface area contributed by atoms with Gasteiger partial charge >= 0.3 is 6.18 Å². The minimum atomic E-state index is -4.39. The van der Waals surface area contributed by atoms with Crippen LogP contribution >= 0.6 is 0 Å². The molecule has 1 fully saturated rings. The summed E-state index contributed by atoms with van der Waals surface area (Å²) < 4.78 is 37.1. The first kappa shape index (κ1) is 14.4. The molecule has 1 aliphatic rings. The van der Waals surface area contributed by atoms with Crippen LogP contribution in [0.4, 0.5) is 18.9 Å². The Hall–Kier alpha value is -2.05.